The Bertz CT molecular complexity index is 1110. The van der Waals surface area contributed by atoms with Crippen molar-refractivity contribution in [2.24, 2.45) is 0 Å². The normalized spacial score (nSPS) is 18.8. The number of aromatic nitrogens is 3. The summed E-state index contributed by atoms with van der Waals surface area (Å²) in [4.78, 5) is 25.5. The van der Waals surface area contributed by atoms with Crippen molar-refractivity contribution in [3.05, 3.63) is 52.9 Å². The molecule has 2 aromatic heterocycles. The number of nitrogens with zero attached hydrogens (tertiary/aromatic N) is 2. The van der Waals surface area contributed by atoms with Crippen molar-refractivity contribution in [3.63, 3.8) is 0 Å². The van der Waals surface area contributed by atoms with Crippen LogP contribution < -0.4 is 10.6 Å². The highest BCUT2D eigenvalue weighted by Crippen LogP contribution is 2.34. The fourth-order valence-corrected chi connectivity index (χ4v) is 3.93. The number of allylic oxidation sites excluding steroid dienone is 1. The molecule has 0 fully saturated rings. The van der Waals surface area contributed by atoms with Gasteiger partial charge in [-0.25, -0.2) is 9.97 Å². The van der Waals surface area contributed by atoms with Gasteiger partial charge in [-0.3, -0.25) is 4.79 Å². The molecule has 1 unspecified atom stereocenters. The molecular weight excluding hydrogens is 338 g/mol. The standard InChI is InChI=1S/C21H21N5O/c1-11-6-7-13-10-23-21(27)15-8-17(25-18(13)15)14-4-3-5-16-19(14)26-20(22-9-11)12(2)24-16/h3-6,8,13,25H,7,9-10H2,1-2H3,(H,22,26)(H,23,27). The minimum atomic E-state index is -0.0129. The van der Waals surface area contributed by atoms with Crippen LogP contribution in [0.25, 0.3) is 22.3 Å². The van der Waals surface area contributed by atoms with E-state index in [4.69, 9.17) is 9.97 Å². The average molecular weight is 359 g/mol. The smallest absolute Gasteiger partial charge is 0.253 e. The number of rotatable bonds is 0. The van der Waals surface area contributed by atoms with E-state index in [0.717, 1.165) is 58.0 Å². The molecule has 3 aromatic rings. The van der Waals surface area contributed by atoms with Crippen molar-refractivity contribution < 1.29 is 4.79 Å². The second-order valence-corrected chi connectivity index (χ2v) is 7.39. The molecule has 27 heavy (non-hydrogen) atoms. The molecule has 2 aliphatic heterocycles. The van der Waals surface area contributed by atoms with Gasteiger partial charge in [0.2, 0.25) is 0 Å². The van der Waals surface area contributed by atoms with Crippen LogP contribution in [0, 0.1) is 6.92 Å². The van der Waals surface area contributed by atoms with Crippen LogP contribution in [0.4, 0.5) is 5.82 Å². The number of benzene rings is 1. The predicted octanol–water partition coefficient (Wildman–Crippen LogP) is 3.52. The molecule has 0 saturated heterocycles. The Kier molecular flexibility index (Phi) is 3.53. The Morgan fingerprint density at radius 3 is 2.89 bits per heavy atom. The number of aryl methyl sites for hydroxylation is 1. The highest BCUT2D eigenvalue weighted by Gasteiger charge is 2.28. The summed E-state index contributed by atoms with van der Waals surface area (Å²) in [5, 5.41) is 6.45. The van der Waals surface area contributed by atoms with E-state index in [2.05, 4.69) is 28.6 Å². The van der Waals surface area contributed by atoms with Gasteiger partial charge in [0.25, 0.3) is 5.91 Å². The van der Waals surface area contributed by atoms with E-state index in [1.807, 2.05) is 31.2 Å². The first-order valence-electron chi connectivity index (χ1n) is 9.28. The van der Waals surface area contributed by atoms with Gasteiger partial charge in [-0.05, 0) is 32.4 Å². The van der Waals surface area contributed by atoms with E-state index in [1.54, 1.807) is 0 Å². The number of anilines is 1. The molecule has 2 aliphatic rings. The molecule has 136 valence electrons. The summed E-state index contributed by atoms with van der Waals surface area (Å²) in [7, 11) is 0. The van der Waals surface area contributed by atoms with Crippen LogP contribution >= 0.6 is 0 Å². The number of aromatic amines is 1. The first-order chi connectivity index (χ1) is 13.1. The Labute approximate surface area is 157 Å². The Morgan fingerprint density at radius 1 is 1.11 bits per heavy atom. The monoisotopic (exact) mass is 359 g/mol. The zero-order valence-electron chi connectivity index (χ0n) is 15.4. The van der Waals surface area contributed by atoms with Gasteiger partial charge in [0.05, 0.1) is 16.8 Å². The van der Waals surface area contributed by atoms with Gasteiger partial charge in [0, 0.05) is 36.0 Å². The molecule has 3 N–H and O–H groups in total. The number of carbonyl (C=O) groups excluding carboxylic acids is 1. The predicted molar refractivity (Wildman–Crippen MR) is 106 cm³/mol. The van der Waals surface area contributed by atoms with Crippen LogP contribution in [-0.2, 0) is 0 Å². The minimum absolute atomic E-state index is 0.0129. The molecule has 1 aromatic carbocycles. The number of carbonyl (C=O) groups is 1. The van der Waals surface area contributed by atoms with Gasteiger partial charge in [0.15, 0.2) is 0 Å². The third-order valence-corrected chi connectivity index (χ3v) is 5.45. The van der Waals surface area contributed by atoms with Crippen molar-refractivity contribution in [1.82, 2.24) is 20.3 Å². The molecular formula is C21H21N5O. The zero-order chi connectivity index (χ0) is 18.5. The van der Waals surface area contributed by atoms with Crippen molar-refractivity contribution >= 4 is 22.8 Å². The van der Waals surface area contributed by atoms with Gasteiger partial charge < -0.3 is 15.6 Å². The highest BCUT2D eigenvalue weighted by atomic mass is 16.1. The summed E-state index contributed by atoms with van der Waals surface area (Å²) in [6, 6.07) is 7.94. The van der Waals surface area contributed by atoms with Crippen LogP contribution in [-0.4, -0.2) is 33.9 Å². The summed E-state index contributed by atoms with van der Waals surface area (Å²) >= 11 is 0. The lowest BCUT2D eigenvalue weighted by atomic mass is 9.93. The van der Waals surface area contributed by atoms with E-state index in [0.29, 0.717) is 6.54 Å². The number of para-hydroxylation sites is 1. The zero-order valence-corrected chi connectivity index (χ0v) is 15.4. The molecule has 4 heterocycles. The van der Waals surface area contributed by atoms with Crippen LogP contribution in [0.3, 0.4) is 0 Å². The number of hydrogen-bond acceptors (Lipinski definition) is 4. The molecule has 5 rings (SSSR count). The van der Waals surface area contributed by atoms with E-state index in [-0.39, 0.29) is 11.8 Å². The fourth-order valence-electron chi connectivity index (χ4n) is 3.93. The summed E-state index contributed by atoms with van der Waals surface area (Å²) in [5.41, 5.74) is 7.45. The van der Waals surface area contributed by atoms with Crippen LogP contribution in [0.15, 0.2) is 35.9 Å². The minimum Gasteiger partial charge on any atom is -0.365 e. The lowest BCUT2D eigenvalue weighted by Crippen LogP contribution is -2.34. The van der Waals surface area contributed by atoms with E-state index in [9.17, 15) is 4.79 Å². The summed E-state index contributed by atoms with van der Waals surface area (Å²) in [6.07, 6.45) is 3.12. The molecule has 0 radical (unpaired) electrons. The average Bonchev–Trinajstić information content (AvgIpc) is 3.11. The van der Waals surface area contributed by atoms with Gasteiger partial charge in [-0.1, -0.05) is 23.8 Å². The second kappa shape index (κ2) is 5.94. The van der Waals surface area contributed by atoms with Crippen LogP contribution in [0.5, 0.6) is 0 Å². The summed E-state index contributed by atoms with van der Waals surface area (Å²) in [6.45, 7) is 5.47. The second-order valence-electron chi connectivity index (χ2n) is 7.39. The summed E-state index contributed by atoms with van der Waals surface area (Å²) < 4.78 is 0. The molecule has 6 nitrogen and oxygen atoms in total. The maximum atomic E-state index is 12.4. The van der Waals surface area contributed by atoms with Crippen LogP contribution in [0.1, 0.15) is 41.0 Å². The number of amides is 1. The number of nitrogens with one attached hydrogen (secondary N) is 3. The lowest BCUT2D eigenvalue weighted by Gasteiger charge is -2.22. The summed E-state index contributed by atoms with van der Waals surface area (Å²) in [5.74, 6) is 1.04. The quantitative estimate of drug-likeness (QED) is 0.536. The van der Waals surface area contributed by atoms with E-state index < -0.39 is 0 Å². The number of fused-ring (bicyclic) bond motifs is 3. The van der Waals surface area contributed by atoms with Crippen molar-refractivity contribution in [3.8, 4) is 11.3 Å². The number of hydrogen-bond donors (Lipinski definition) is 3. The fraction of sp³-hybridized carbons (Fsp3) is 0.286. The third kappa shape index (κ3) is 2.60. The van der Waals surface area contributed by atoms with E-state index >= 15 is 0 Å². The molecule has 6 heteroatoms. The van der Waals surface area contributed by atoms with Gasteiger partial charge in [-0.15, -0.1) is 0 Å². The van der Waals surface area contributed by atoms with Crippen molar-refractivity contribution in [2.75, 3.05) is 18.4 Å². The molecule has 0 spiro atoms. The lowest BCUT2D eigenvalue weighted by molar-refractivity contribution is 0.0940. The maximum Gasteiger partial charge on any atom is 0.253 e. The Hall–Kier alpha value is -3.15. The largest absolute Gasteiger partial charge is 0.365 e. The first kappa shape index (κ1) is 16.1. The Balaban J connectivity index is 1.79. The SMILES string of the molecule is CC1=CCC2CNC(=O)c3cc([nH]c32)-c2cccc3nc(C)c(nc23)NC1. The van der Waals surface area contributed by atoms with Crippen molar-refractivity contribution in [1.29, 1.82) is 0 Å². The van der Waals surface area contributed by atoms with Gasteiger partial charge in [-0.2, -0.15) is 0 Å². The highest BCUT2D eigenvalue weighted by molar-refractivity contribution is 6.00. The van der Waals surface area contributed by atoms with Gasteiger partial charge >= 0.3 is 0 Å². The maximum absolute atomic E-state index is 12.4. The molecule has 1 amide bonds. The number of H-pyrrole nitrogens is 1. The van der Waals surface area contributed by atoms with E-state index in [1.165, 1.54) is 5.57 Å². The molecule has 1 atom stereocenters. The molecule has 4 bridgehead atoms. The molecule has 0 aliphatic carbocycles. The topological polar surface area (TPSA) is 82.7 Å². The molecule has 0 saturated carbocycles. The van der Waals surface area contributed by atoms with Gasteiger partial charge in [0.1, 0.15) is 11.3 Å². The van der Waals surface area contributed by atoms with Crippen LogP contribution in [0.2, 0.25) is 0 Å². The Morgan fingerprint density at radius 2 is 2.00 bits per heavy atom. The first-order valence-corrected chi connectivity index (χ1v) is 9.28. The van der Waals surface area contributed by atoms with Crippen molar-refractivity contribution in [2.45, 2.75) is 26.2 Å². The third-order valence-electron chi connectivity index (χ3n) is 5.45.